The van der Waals surface area contributed by atoms with Gasteiger partial charge < -0.3 is 5.32 Å². The summed E-state index contributed by atoms with van der Waals surface area (Å²) in [7, 11) is -3.22. The highest BCUT2D eigenvalue weighted by Gasteiger charge is 2.39. The van der Waals surface area contributed by atoms with Gasteiger partial charge in [0.1, 0.15) is 0 Å². The van der Waals surface area contributed by atoms with Crippen LogP contribution >= 0.6 is 0 Å². The Morgan fingerprint density at radius 2 is 1.96 bits per heavy atom. The fourth-order valence-electron chi connectivity index (χ4n) is 3.82. The Bertz CT molecular complexity index is 683. The highest BCUT2D eigenvalue weighted by molar-refractivity contribution is 7.88. The van der Waals surface area contributed by atoms with E-state index in [1.165, 1.54) is 22.5 Å². The van der Waals surface area contributed by atoms with Gasteiger partial charge in [-0.25, -0.2) is 12.7 Å². The van der Waals surface area contributed by atoms with Crippen molar-refractivity contribution < 1.29 is 13.2 Å². The predicted molar refractivity (Wildman–Crippen MR) is 94.1 cm³/mol. The molecule has 2 fully saturated rings. The van der Waals surface area contributed by atoms with E-state index in [0.717, 1.165) is 25.7 Å². The smallest absolute Gasteiger partial charge is 0.224 e. The number of nitrogens with zero attached hydrogens (tertiary/aromatic N) is 1. The summed E-state index contributed by atoms with van der Waals surface area (Å²) in [5.41, 5.74) is 1.35. The molecule has 1 N–H and O–H groups in total. The zero-order chi connectivity index (χ0) is 17.2. The molecular formula is C18H26N2O3S. The van der Waals surface area contributed by atoms with Gasteiger partial charge in [0.2, 0.25) is 15.9 Å². The van der Waals surface area contributed by atoms with Crippen molar-refractivity contribution in [2.75, 3.05) is 25.9 Å². The molecule has 1 unspecified atom stereocenters. The van der Waals surface area contributed by atoms with Crippen molar-refractivity contribution >= 4 is 15.9 Å². The SMILES string of the molecule is CS(=O)(=O)N1CCCC(C(=O)NCC2(c3ccccc3)CCC2)C1. The topological polar surface area (TPSA) is 66.5 Å². The summed E-state index contributed by atoms with van der Waals surface area (Å²) in [5.74, 6) is -0.244. The Morgan fingerprint density at radius 1 is 1.25 bits per heavy atom. The zero-order valence-corrected chi connectivity index (χ0v) is 15.0. The van der Waals surface area contributed by atoms with Gasteiger partial charge in [0.25, 0.3) is 0 Å². The average molecular weight is 350 g/mol. The molecule has 0 aromatic heterocycles. The normalized spacial score (nSPS) is 24.1. The summed E-state index contributed by atoms with van der Waals surface area (Å²) in [6.07, 6.45) is 6.10. The molecule has 1 atom stereocenters. The van der Waals surface area contributed by atoms with Gasteiger partial charge in [0, 0.05) is 25.0 Å². The zero-order valence-electron chi connectivity index (χ0n) is 14.2. The van der Waals surface area contributed by atoms with Crippen LogP contribution in [0.2, 0.25) is 0 Å². The van der Waals surface area contributed by atoms with Crippen LogP contribution in [0.25, 0.3) is 0 Å². The van der Waals surface area contributed by atoms with E-state index in [4.69, 9.17) is 0 Å². The standard InChI is InChI=1S/C18H26N2O3S/c1-24(22,23)20-12-5-7-15(13-20)17(21)19-14-18(10-6-11-18)16-8-3-2-4-9-16/h2-4,8-9,15H,5-7,10-14H2,1H3,(H,19,21). The predicted octanol–water partition coefficient (Wildman–Crippen LogP) is 1.90. The molecule has 1 aliphatic carbocycles. The Labute approximate surface area is 144 Å². The van der Waals surface area contributed by atoms with Crippen molar-refractivity contribution in [1.82, 2.24) is 9.62 Å². The molecule has 1 saturated heterocycles. The Morgan fingerprint density at radius 3 is 2.54 bits per heavy atom. The number of piperidine rings is 1. The fourth-order valence-corrected chi connectivity index (χ4v) is 4.73. The summed E-state index contributed by atoms with van der Waals surface area (Å²) < 4.78 is 24.8. The van der Waals surface area contributed by atoms with Gasteiger partial charge in [0.15, 0.2) is 0 Å². The third-order valence-corrected chi connectivity index (χ3v) is 6.79. The lowest BCUT2D eigenvalue weighted by atomic mass is 9.64. The van der Waals surface area contributed by atoms with Gasteiger partial charge in [-0.1, -0.05) is 36.8 Å². The second kappa shape index (κ2) is 6.84. The van der Waals surface area contributed by atoms with Crippen LogP contribution in [-0.4, -0.2) is 44.5 Å². The number of amides is 1. The molecule has 6 heteroatoms. The van der Waals surface area contributed by atoms with Crippen LogP contribution in [0.4, 0.5) is 0 Å². The van der Waals surface area contributed by atoms with Crippen molar-refractivity contribution in [3.8, 4) is 0 Å². The van der Waals surface area contributed by atoms with Crippen LogP contribution in [0.5, 0.6) is 0 Å². The van der Waals surface area contributed by atoms with Crippen LogP contribution < -0.4 is 5.32 Å². The lowest BCUT2D eigenvalue weighted by Gasteiger charge is -2.43. The van der Waals surface area contributed by atoms with Gasteiger partial charge in [-0.2, -0.15) is 0 Å². The molecule has 132 valence electrons. The van der Waals surface area contributed by atoms with Gasteiger partial charge in [-0.05, 0) is 31.2 Å². The first kappa shape index (κ1) is 17.4. The summed E-state index contributed by atoms with van der Waals surface area (Å²) in [5, 5.41) is 3.11. The first-order valence-electron chi connectivity index (χ1n) is 8.69. The van der Waals surface area contributed by atoms with E-state index in [9.17, 15) is 13.2 Å². The fraction of sp³-hybridized carbons (Fsp3) is 0.611. The van der Waals surface area contributed by atoms with Gasteiger partial charge >= 0.3 is 0 Å². The minimum Gasteiger partial charge on any atom is -0.355 e. The van der Waals surface area contributed by atoms with Crippen molar-refractivity contribution in [3.63, 3.8) is 0 Å². The summed E-state index contributed by atoms with van der Waals surface area (Å²) in [4.78, 5) is 12.6. The number of benzene rings is 1. The number of carbonyl (C=O) groups excluding carboxylic acids is 1. The second-order valence-corrected chi connectivity index (χ2v) is 9.16. The molecule has 1 saturated carbocycles. The van der Waals surface area contributed by atoms with Gasteiger partial charge in [0.05, 0.1) is 12.2 Å². The Kier molecular flexibility index (Phi) is 4.97. The number of rotatable bonds is 5. The molecule has 0 bridgehead atoms. The number of nitrogens with one attached hydrogen (secondary N) is 1. The quantitative estimate of drug-likeness (QED) is 0.882. The molecule has 24 heavy (non-hydrogen) atoms. The molecule has 1 heterocycles. The molecule has 1 aromatic rings. The van der Waals surface area contributed by atoms with Crippen LogP contribution in [0.15, 0.2) is 30.3 Å². The minimum atomic E-state index is -3.22. The van der Waals surface area contributed by atoms with Crippen LogP contribution in [0.3, 0.4) is 0 Å². The first-order chi connectivity index (χ1) is 11.4. The average Bonchev–Trinajstić information content (AvgIpc) is 2.54. The highest BCUT2D eigenvalue weighted by Crippen LogP contribution is 2.43. The molecular weight excluding hydrogens is 324 g/mol. The van der Waals surface area contributed by atoms with Crippen molar-refractivity contribution in [1.29, 1.82) is 0 Å². The van der Waals surface area contributed by atoms with E-state index >= 15 is 0 Å². The number of carbonyl (C=O) groups is 1. The van der Waals surface area contributed by atoms with E-state index in [0.29, 0.717) is 19.6 Å². The molecule has 0 radical (unpaired) electrons. The minimum absolute atomic E-state index is 0.00874. The van der Waals surface area contributed by atoms with Crippen LogP contribution in [-0.2, 0) is 20.2 Å². The lowest BCUT2D eigenvalue weighted by molar-refractivity contribution is -0.126. The molecule has 0 spiro atoms. The van der Waals surface area contributed by atoms with Gasteiger partial charge in [-0.3, -0.25) is 4.79 Å². The molecule has 5 nitrogen and oxygen atoms in total. The van der Waals surface area contributed by atoms with E-state index in [2.05, 4.69) is 17.4 Å². The highest BCUT2D eigenvalue weighted by atomic mass is 32.2. The molecule has 1 aliphatic heterocycles. The van der Waals surface area contributed by atoms with E-state index in [1.54, 1.807) is 0 Å². The second-order valence-electron chi connectivity index (χ2n) is 7.18. The molecule has 1 aromatic carbocycles. The first-order valence-corrected chi connectivity index (χ1v) is 10.5. The molecule has 3 rings (SSSR count). The maximum atomic E-state index is 12.6. The van der Waals surface area contributed by atoms with Gasteiger partial charge in [-0.15, -0.1) is 0 Å². The van der Waals surface area contributed by atoms with E-state index in [-0.39, 0.29) is 17.2 Å². The maximum absolute atomic E-state index is 12.6. The van der Waals surface area contributed by atoms with E-state index < -0.39 is 10.0 Å². The third kappa shape index (κ3) is 3.64. The van der Waals surface area contributed by atoms with Crippen LogP contribution in [0, 0.1) is 5.92 Å². The summed E-state index contributed by atoms with van der Waals surface area (Å²) in [6, 6.07) is 10.4. The van der Waals surface area contributed by atoms with Crippen molar-refractivity contribution in [2.45, 2.75) is 37.5 Å². The number of sulfonamides is 1. The lowest BCUT2D eigenvalue weighted by Crippen LogP contribution is -2.50. The Balaban J connectivity index is 1.61. The van der Waals surface area contributed by atoms with Crippen LogP contribution in [0.1, 0.15) is 37.7 Å². The molecule has 1 amide bonds. The largest absolute Gasteiger partial charge is 0.355 e. The third-order valence-electron chi connectivity index (χ3n) is 5.52. The van der Waals surface area contributed by atoms with E-state index in [1.807, 2.05) is 18.2 Å². The summed E-state index contributed by atoms with van der Waals surface area (Å²) in [6.45, 7) is 1.48. The maximum Gasteiger partial charge on any atom is 0.224 e. The van der Waals surface area contributed by atoms with Crippen molar-refractivity contribution in [2.24, 2.45) is 5.92 Å². The number of hydrogen-bond acceptors (Lipinski definition) is 3. The monoisotopic (exact) mass is 350 g/mol. The Hall–Kier alpha value is -1.40. The number of hydrogen-bond donors (Lipinski definition) is 1. The van der Waals surface area contributed by atoms with Crippen molar-refractivity contribution in [3.05, 3.63) is 35.9 Å². The molecule has 2 aliphatic rings. The summed E-state index contributed by atoms with van der Waals surface area (Å²) >= 11 is 0.